The molecule has 2 saturated heterocycles. The summed E-state index contributed by atoms with van der Waals surface area (Å²) in [6, 6.07) is 0.354. The summed E-state index contributed by atoms with van der Waals surface area (Å²) in [5.41, 5.74) is 6.35. The monoisotopic (exact) mass is 251 g/mol. The van der Waals surface area contributed by atoms with E-state index >= 15 is 0 Å². The summed E-state index contributed by atoms with van der Waals surface area (Å²) < 4.78 is 5.80. The van der Waals surface area contributed by atoms with E-state index in [0.717, 1.165) is 32.1 Å². The Hall–Kier alpha value is -0.770. The van der Waals surface area contributed by atoms with Gasteiger partial charge in [-0.3, -0.25) is 0 Å². The zero-order valence-corrected chi connectivity index (χ0v) is 11.6. The molecule has 3 fully saturated rings. The highest BCUT2D eigenvalue weighted by molar-refractivity contribution is 5.78. The van der Waals surface area contributed by atoms with E-state index in [1.165, 1.54) is 19.3 Å². The van der Waals surface area contributed by atoms with E-state index in [9.17, 15) is 0 Å². The van der Waals surface area contributed by atoms with Gasteiger partial charge in [0, 0.05) is 31.0 Å². The van der Waals surface area contributed by atoms with Gasteiger partial charge in [0.2, 0.25) is 0 Å². The SMILES string of the molecule is CC1(C)C(N=C(N)N2CCCCC2)C2CCOC21. The average molecular weight is 251 g/mol. The van der Waals surface area contributed by atoms with Gasteiger partial charge in [-0.15, -0.1) is 0 Å². The van der Waals surface area contributed by atoms with E-state index in [2.05, 4.69) is 18.7 Å². The van der Waals surface area contributed by atoms with Gasteiger partial charge < -0.3 is 15.4 Å². The molecule has 18 heavy (non-hydrogen) atoms. The Morgan fingerprint density at radius 1 is 1.28 bits per heavy atom. The van der Waals surface area contributed by atoms with Crippen LogP contribution < -0.4 is 5.73 Å². The first-order chi connectivity index (χ1) is 8.60. The van der Waals surface area contributed by atoms with E-state index in [4.69, 9.17) is 15.5 Å². The lowest BCUT2D eigenvalue weighted by Gasteiger charge is -2.52. The molecule has 0 amide bonds. The van der Waals surface area contributed by atoms with Gasteiger partial charge in [-0.2, -0.15) is 0 Å². The van der Waals surface area contributed by atoms with Crippen LogP contribution in [-0.2, 0) is 4.74 Å². The van der Waals surface area contributed by atoms with Gasteiger partial charge in [0.1, 0.15) is 0 Å². The molecule has 0 radical (unpaired) electrons. The summed E-state index contributed by atoms with van der Waals surface area (Å²) in [4.78, 5) is 7.09. The molecule has 2 heterocycles. The minimum Gasteiger partial charge on any atom is -0.377 e. The Morgan fingerprint density at radius 2 is 2.00 bits per heavy atom. The number of likely N-dealkylation sites (tertiary alicyclic amines) is 1. The smallest absolute Gasteiger partial charge is 0.191 e. The van der Waals surface area contributed by atoms with Crippen molar-refractivity contribution in [1.29, 1.82) is 0 Å². The largest absolute Gasteiger partial charge is 0.377 e. The molecule has 4 heteroatoms. The maximum atomic E-state index is 6.20. The Balaban J connectivity index is 1.71. The van der Waals surface area contributed by atoms with Crippen molar-refractivity contribution in [3.63, 3.8) is 0 Å². The Kier molecular flexibility index (Phi) is 3.00. The molecule has 0 aromatic carbocycles. The van der Waals surface area contributed by atoms with Crippen LogP contribution >= 0.6 is 0 Å². The number of rotatable bonds is 1. The summed E-state index contributed by atoms with van der Waals surface area (Å²) >= 11 is 0. The van der Waals surface area contributed by atoms with Crippen molar-refractivity contribution < 1.29 is 4.74 Å². The number of aliphatic imine (C=N–C) groups is 1. The van der Waals surface area contributed by atoms with Gasteiger partial charge in [-0.05, 0) is 25.7 Å². The van der Waals surface area contributed by atoms with E-state index in [1.54, 1.807) is 0 Å². The third kappa shape index (κ3) is 1.81. The molecule has 3 unspecified atom stereocenters. The molecule has 0 bridgehead atoms. The third-order valence-corrected chi connectivity index (χ3v) is 4.99. The number of ether oxygens (including phenoxy) is 1. The summed E-state index contributed by atoms with van der Waals surface area (Å²) in [5, 5.41) is 0. The number of fused-ring (bicyclic) bond motifs is 1. The average Bonchev–Trinajstić information content (AvgIpc) is 2.83. The van der Waals surface area contributed by atoms with E-state index in [-0.39, 0.29) is 5.41 Å². The molecule has 3 atom stereocenters. The third-order valence-electron chi connectivity index (χ3n) is 4.99. The van der Waals surface area contributed by atoms with E-state index in [0.29, 0.717) is 18.1 Å². The fraction of sp³-hybridized carbons (Fsp3) is 0.929. The van der Waals surface area contributed by atoms with E-state index < -0.39 is 0 Å². The topological polar surface area (TPSA) is 50.8 Å². The number of nitrogens with two attached hydrogens (primary N) is 1. The van der Waals surface area contributed by atoms with Crippen LogP contribution in [0.1, 0.15) is 39.5 Å². The number of piperidine rings is 1. The maximum absolute atomic E-state index is 6.20. The first kappa shape index (κ1) is 12.3. The van der Waals surface area contributed by atoms with Crippen LogP contribution in [0.4, 0.5) is 0 Å². The number of guanidine groups is 1. The lowest BCUT2D eigenvalue weighted by molar-refractivity contribution is -0.0988. The van der Waals surface area contributed by atoms with Crippen LogP contribution in [0.3, 0.4) is 0 Å². The van der Waals surface area contributed by atoms with Crippen molar-refractivity contribution in [2.75, 3.05) is 19.7 Å². The van der Waals surface area contributed by atoms with Crippen LogP contribution in [0.25, 0.3) is 0 Å². The lowest BCUT2D eigenvalue weighted by Crippen LogP contribution is -2.60. The summed E-state index contributed by atoms with van der Waals surface area (Å²) in [5.74, 6) is 1.36. The van der Waals surface area contributed by atoms with Crippen molar-refractivity contribution in [3.05, 3.63) is 0 Å². The predicted molar refractivity (Wildman–Crippen MR) is 72.5 cm³/mol. The fourth-order valence-electron chi connectivity index (χ4n) is 3.91. The molecule has 1 saturated carbocycles. The summed E-state index contributed by atoms with van der Waals surface area (Å²) in [7, 11) is 0. The highest BCUT2D eigenvalue weighted by Crippen LogP contribution is 2.53. The van der Waals surface area contributed by atoms with Crippen molar-refractivity contribution in [2.24, 2.45) is 22.1 Å². The number of hydrogen-bond acceptors (Lipinski definition) is 2. The molecule has 0 aromatic heterocycles. The Bertz CT molecular complexity index is 347. The van der Waals surface area contributed by atoms with Gasteiger partial charge in [-0.25, -0.2) is 4.99 Å². The highest BCUT2D eigenvalue weighted by Gasteiger charge is 2.59. The molecule has 3 aliphatic rings. The molecule has 4 nitrogen and oxygen atoms in total. The van der Waals surface area contributed by atoms with Crippen molar-refractivity contribution in [1.82, 2.24) is 4.90 Å². The van der Waals surface area contributed by atoms with Crippen molar-refractivity contribution >= 4 is 5.96 Å². The molecule has 102 valence electrons. The standard InChI is InChI=1S/C14H25N3O/c1-14(2)11(10-6-9-18-12(10)14)16-13(15)17-7-4-3-5-8-17/h10-12H,3-9H2,1-2H3,(H2,15,16). The van der Waals surface area contributed by atoms with Gasteiger partial charge in [0.05, 0.1) is 12.1 Å². The van der Waals surface area contributed by atoms with Crippen LogP contribution in [0.15, 0.2) is 4.99 Å². The second-order valence-electron chi connectivity index (χ2n) is 6.55. The second kappa shape index (κ2) is 4.41. The lowest BCUT2D eigenvalue weighted by atomic mass is 9.57. The van der Waals surface area contributed by atoms with Gasteiger partial charge in [0.25, 0.3) is 0 Å². The minimum atomic E-state index is 0.154. The predicted octanol–water partition coefficient (Wildman–Crippen LogP) is 1.60. The van der Waals surface area contributed by atoms with Gasteiger partial charge in [0.15, 0.2) is 5.96 Å². The molecule has 0 aromatic rings. The molecular formula is C14H25N3O. The molecule has 0 spiro atoms. The second-order valence-corrected chi connectivity index (χ2v) is 6.55. The van der Waals surface area contributed by atoms with Gasteiger partial charge in [-0.1, -0.05) is 13.8 Å². The molecular weight excluding hydrogens is 226 g/mol. The van der Waals surface area contributed by atoms with Crippen molar-refractivity contribution in [3.8, 4) is 0 Å². The molecule has 2 N–H and O–H groups in total. The molecule has 2 aliphatic heterocycles. The zero-order chi connectivity index (χ0) is 12.8. The quantitative estimate of drug-likeness (QED) is 0.569. The van der Waals surface area contributed by atoms with E-state index in [1.807, 2.05) is 0 Å². The van der Waals surface area contributed by atoms with Crippen LogP contribution in [-0.4, -0.2) is 42.7 Å². The maximum Gasteiger partial charge on any atom is 0.191 e. The van der Waals surface area contributed by atoms with Crippen LogP contribution in [0.2, 0.25) is 0 Å². The Labute approximate surface area is 110 Å². The van der Waals surface area contributed by atoms with Crippen LogP contribution in [0.5, 0.6) is 0 Å². The minimum absolute atomic E-state index is 0.154. The highest BCUT2D eigenvalue weighted by atomic mass is 16.5. The number of nitrogens with zero attached hydrogens (tertiary/aromatic N) is 2. The Morgan fingerprint density at radius 3 is 2.72 bits per heavy atom. The first-order valence-electron chi connectivity index (χ1n) is 7.30. The molecule has 1 aliphatic carbocycles. The summed E-state index contributed by atoms with van der Waals surface area (Å²) in [6.07, 6.45) is 5.38. The fourth-order valence-corrected chi connectivity index (χ4v) is 3.91. The van der Waals surface area contributed by atoms with Crippen LogP contribution in [0, 0.1) is 11.3 Å². The van der Waals surface area contributed by atoms with Gasteiger partial charge >= 0.3 is 0 Å². The normalized spacial score (nSPS) is 39.3. The molecule has 3 rings (SSSR count). The zero-order valence-electron chi connectivity index (χ0n) is 11.6. The first-order valence-corrected chi connectivity index (χ1v) is 7.30. The number of hydrogen-bond donors (Lipinski definition) is 1. The van der Waals surface area contributed by atoms with Crippen molar-refractivity contribution in [2.45, 2.75) is 51.7 Å². The summed E-state index contributed by atoms with van der Waals surface area (Å²) in [6.45, 7) is 7.57.